The van der Waals surface area contributed by atoms with Crippen LogP contribution in [0.2, 0.25) is 5.02 Å². The molecule has 0 spiro atoms. The van der Waals surface area contributed by atoms with Gasteiger partial charge in [0.1, 0.15) is 23.6 Å². The predicted octanol–water partition coefficient (Wildman–Crippen LogP) is 6.46. The Morgan fingerprint density at radius 3 is 2.10 bits per heavy atom. The summed E-state index contributed by atoms with van der Waals surface area (Å²) < 4.78 is 17.5. The summed E-state index contributed by atoms with van der Waals surface area (Å²) in [6.07, 6.45) is 0.876. The van der Waals surface area contributed by atoms with Gasteiger partial charge in [0.25, 0.3) is 0 Å². The number of halogens is 1. The Labute approximate surface area is 192 Å². The minimum Gasteiger partial charge on any atom is -0.485 e. The molecular formula is C25H39ClO5. The van der Waals surface area contributed by atoms with Crippen LogP contribution in [0.25, 0.3) is 0 Å². The van der Waals surface area contributed by atoms with Gasteiger partial charge in [-0.05, 0) is 64.5 Å². The third kappa shape index (κ3) is 9.10. The van der Waals surface area contributed by atoms with Gasteiger partial charge in [0.15, 0.2) is 0 Å². The Bertz CT molecular complexity index is 706. The minimum absolute atomic E-state index is 0.0124. The number of benzene rings is 1. The summed E-state index contributed by atoms with van der Waals surface area (Å²) in [7, 11) is 0. The van der Waals surface area contributed by atoms with Gasteiger partial charge < -0.3 is 14.2 Å². The molecule has 0 unspecified atom stereocenters. The maximum Gasteiger partial charge on any atom is 0.310 e. The largest absolute Gasteiger partial charge is 0.485 e. The molecule has 0 bridgehead atoms. The number of ether oxygens (including phenoxy) is 3. The lowest BCUT2D eigenvalue weighted by atomic mass is 9.91. The number of rotatable bonds is 11. The number of carbonyl (C=O) groups excluding carboxylic acids is 2. The van der Waals surface area contributed by atoms with E-state index >= 15 is 0 Å². The predicted molar refractivity (Wildman–Crippen MR) is 124 cm³/mol. The molecular weight excluding hydrogens is 416 g/mol. The smallest absolute Gasteiger partial charge is 0.310 e. The zero-order chi connectivity index (χ0) is 23.8. The van der Waals surface area contributed by atoms with Crippen LogP contribution in [0.15, 0.2) is 24.3 Å². The van der Waals surface area contributed by atoms with Crippen LogP contribution in [0.5, 0.6) is 5.75 Å². The molecule has 1 aromatic carbocycles. The molecule has 0 aliphatic rings. The van der Waals surface area contributed by atoms with Crippen LogP contribution in [0, 0.1) is 17.8 Å². The molecule has 6 heteroatoms. The summed E-state index contributed by atoms with van der Waals surface area (Å²) in [6.45, 7) is 15.2. The van der Waals surface area contributed by atoms with E-state index in [1.54, 1.807) is 6.07 Å². The molecule has 1 rings (SSSR count). The van der Waals surface area contributed by atoms with Crippen molar-refractivity contribution in [2.24, 2.45) is 17.8 Å². The van der Waals surface area contributed by atoms with Gasteiger partial charge in [0, 0.05) is 0 Å². The van der Waals surface area contributed by atoms with Gasteiger partial charge in [-0.3, -0.25) is 9.59 Å². The van der Waals surface area contributed by atoms with Crippen LogP contribution in [0.1, 0.15) is 74.7 Å². The minimum atomic E-state index is -0.598. The lowest BCUT2D eigenvalue weighted by molar-refractivity contribution is -0.168. The van der Waals surface area contributed by atoms with Crippen molar-refractivity contribution in [3.05, 3.63) is 29.3 Å². The molecule has 31 heavy (non-hydrogen) atoms. The SMILES string of the molecule is CCC(CC)[C@@H](Oc1ccccc1Cl)[C@H](C)OC(=O)[C@@H](CC(=O)OC(C)(C)C)C(C)C. The van der Waals surface area contributed by atoms with Gasteiger partial charge in [-0.15, -0.1) is 0 Å². The summed E-state index contributed by atoms with van der Waals surface area (Å²) in [5.41, 5.74) is -0.598. The summed E-state index contributed by atoms with van der Waals surface area (Å²) in [4.78, 5) is 25.3. The zero-order valence-corrected chi connectivity index (χ0v) is 21.0. The van der Waals surface area contributed by atoms with Crippen molar-refractivity contribution in [2.75, 3.05) is 0 Å². The first-order valence-corrected chi connectivity index (χ1v) is 11.6. The standard InChI is InChI=1S/C25H39ClO5/c1-9-18(10-2)23(30-21-14-12-11-13-20(21)26)17(5)29-24(28)19(16(3)4)15-22(27)31-25(6,7)8/h11-14,16-19,23H,9-10,15H2,1-8H3/t17-,19-,23-/m0/s1. The Balaban J connectivity index is 2.97. The fourth-order valence-corrected chi connectivity index (χ4v) is 3.69. The van der Waals surface area contributed by atoms with E-state index < -0.39 is 29.6 Å². The first-order chi connectivity index (χ1) is 14.4. The van der Waals surface area contributed by atoms with Crippen LogP contribution >= 0.6 is 11.6 Å². The molecule has 0 amide bonds. The molecule has 0 aromatic heterocycles. The molecule has 3 atom stereocenters. The van der Waals surface area contributed by atoms with Crippen molar-refractivity contribution in [3.8, 4) is 5.75 Å². The van der Waals surface area contributed by atoms with Gasteiger partial charge in [-0.2, -0.15) is 0 Å². The van der Waals surface area contributed by atoms with Crippen LogP contribution in [-0.4, -0.2) is 29.7 Å². The lowest BCUT2D eigenvalue weighted by Crippen LogP contribution is -2.41. The number of esters is 2. The second kappa shape index (κ2) is 12.3. The summed E-state index contributed by atoms with van der Waals surface area (Å²) in [5, 5.41) is 0.516. The van der Waals surface area contributed by atoms with Crippen LogP contribution in [0.3, 0.4) is 0 Å². The molecule has 0 radical (unpaired) electrons. The Kier molecular flexibility index (Phi) is 10.9. The van der Waals surface area contributed by atoms with E-state index in [1.165, 1.54) is 0 Å². The molecule has 176 valence electrons. The maximum absolute atomic E-state index is 13.0. The van der Waals surface area contributed by atoms with E-state index in [0.717, 1.165) is 12.8 Å². The highest BCUT2D eigenvalue weighted by atomic mass is 35.5. The topological polar surface area (TPSA) is 61.8 Å². The molecule has 0 heterocycles. The number of hydrogen-bond donors (Lipinski definition) is 0. The maximum atomic E-state index is 13.0. The average molecular weight is 455 g/mol. The fourth-order valence-electron chi connectivity index (χ4n) is 3.51. The highest BCUT2D eigenvalue weighted by molar-refractivity contribution is 6.32. The summed E-state index contributed by atoms with van der Waals surface area (Å²) in [6, 6.07) is 7.28. The molecule has 0 aliphatic heterocycles. The van der Waals surface area contributed by atoms with E-state index in [9.17, 15) is 9.59 Å². The molecule has 0 saturated carbocycles. The van der Waals surface area contributed by atoms with Crippen LogP contribution in [0.4, 0.5) is 0 Å². The van der Waals surface area contributed by atoms with Gasteiger partial charge in [-0.1, -0.05) is 51.4 Å². The second-order valence-corrected chi connectivity index (χ2v) is 9.78. The van der Waals surface area contributed by atoms with Crippen molar-refractivity contribution >= 4 is 23.5 Å². The van der Waals surface area contributed by atoms with Gasteiger partial charge >= 0.3 is 11.9 Å². The summed E-state index contributed by atoms with van der Waals surface area (Å²) in [5.74, 6) is -0.712. The number of carbonyl (C=O) groups is 2. The third-order valence-corrected chi connectivity index (χ3v) is 5.60. The van der Waals surface area contributed by atoms with E-state index in [4.69, 9.17) is 25.8 Å². The van der Waals surface area contributed by atoms with Crippen molar-refractivity contribution in [3.63, 3.8) is 0 Å². The van der Waals surface area contributed by atoms with Gasteiger partial charge in [0.05, 0.1) is 17.4 Å². The normalized spacial score (nSPS) is 14.8. The molecule has 1 aromatic rings. The van der Waals surface area contributed by atoms with Crippen molar-refractivity contribution in [1.82, 2.24) is 0 Å². The van der Waals surface area contributed by atoms with Gasteiger partial charge in [0.2, 0.25) is 0 Å². The van der Waals surface area contributed by atoms with E-state index in [0.29, 0.717) is 10.8 Å². The van der Waals surface area contributed by atoms with E-state index in [-0.39, 0.29) is 24.4 Å². The van der Waals surface area contributed by atoms with Crippen molar-refractivity contribution in [2.45, 2.75) is 92.5 Å². The monoisotopic (exact) mass is 454 g/mol. The third-order valence-electron chi connectivity index (χ3n) is 5.29. The van der Waals surface area contributed by atoms with Gasteiger partial charge in [-0.25, -0.2) is 0 Å². The van der Waals surface area contributed by atoms with Crippen LogP contribution in [-0.2, 0) is 19.1 Å². The lowest BCUT2D eigenvalue weighted by Gasteiger charge is -2.32. The summed E-state index contributed by atoms with van der Waals surface area (Å²) >= 11 is 6.29. The number of para-hydroxylation sites is 1. The van der Waals surface area contributed by atoms with E-state index in [1.807, 2.05) is 59.7 Å². The van der Waals surface area contributed by atoms with Crippen LogP contribution < -0.4 is 4.74 Å². The number of hydrogen-bond acceptors (Lipinski definition) is 5. The quantitative estimate of drug-likeness (QED) is 0.359. The zero-order valence-electron chi connectivity index (χ0n) is 20.2. The Morgan fingerprint density at radius 2 is 1.61 bits per heavy atom. The van der Waals surface area contributed by atoms with E-state index in [2.05, 4.69) is 13.8 Å². The fraction of sp³-hybridized carbons (Fsp3) is 0.680. The first kappa shape index (κ1) is 27.3. The highest BCUT2D eigenvalue weighted by Crippen LogP contribution is 2.30. The molecule has 0 N–H and O–H groups in total. The molecule has 0 aliphatic carbocycles. The average Bonchev–Trinajstić information content (AvgIpc) is 2.65. The molecule has 5 nitrogen and oxygen atoms in total. The first-order valence-electron chi connectivity index (χ1n) is 11.2. The highest BCUT2D eigenvalue weighted by Gasteiger charge is 2.34. The van der Waals surface area contributed by atoms with Crippen molar-refractivity contribution in [1.29, 1.82) is 0 Å². The second-order valence-electron chi connectivity index (χ2n) is 9.37. The Morgan fingerprint density at radius 1 is 1.03 bits per heavy atom. The Hall–Kier alpha value is -1.75. The molecule has 0 saturated heterocycles. The van der Waals surface area contributed by atoms with Crippen molar-refractivity contribution < 1.29 is 23.8 Å². The molecule has 0 fully saturated rings.